The van der Waals surface area contributed by atoms with E-state index in [4.69, 9.17) is 0 Å². The fourth-order valence-corrected chi connectivity index (χ4v) is 10.7. The first-order valence-corrected chi connectivity index (χ1v) is 20.5. The fraction of sp³-hybridized carbons (Fsp3) is 0.107. The van der Waals surface area contributed by atoms with E-state index in [2.05, 4.69) is 219 Å². The van der Waals surface area contributed by atoms with Gasteiger partial charge in [0.2, 0.25) is 0 Å². The van der Waals surface area contributed by atoms with E-state index >= 15 is 0 Å². The fourth-order valence-electron chi connectivity index (χ4n) is 10.7. The molecule has 0 saturated carbocycles. The molecular weight excluding hydrogens is 701 g/mol. The number of para-hydroxylation sites is 3. The van der Waals surface area contributed by atoms with Gasteiger partial charge in [-0.15, -0.1) is 0 Å². The largest absolute Gasteiger partial charge is 0.310 e. The highest BCUT2D eigenvalue weighted by Gasteiger charge is 2.40. The van der Waals surface area contributed by atoms with Crippen LogP contribution in [0.3, 0.4) is 0 Å². The van der Waals surface area contributed by atoms with Crippen LogP contribution in [-0.2, 0) is 10.8 Å². The Labute approximate surface area is 339 Å². The van der Waals surface area contributed by atoms with E-state index in [0.29, 0.717) is 0 Å². The minimum atomic E-state index is -0.210. The van der Waals surface area contributed by atoms with Gasteiger partial charge in [0.15, 0.2) is 0 Å². The molecule has 0 N–H and O–H groups in total. The van der Waals surface area contributed by atoms with E-state index in [1.807, 2.05) is 0 Å². The summed E-state index contributed by atoms with van der Waals surface area (Å²) in [6.45, 7) is 9.63. The number of benzene rings is 9. The molecule has 1 heterocycles. The highest BCUT2D eigenvalue weighted by Crippen LogP contribution is 2.57. The SMILES string of the molecule is CC1(C)c2cc(N(c3ccccc3)c3cc4c(c5ccccc35)-c3c(ccc5ccccc35)C4(C)C)ccc2-c2cc3c(cc21)c1ccccc1n3-c1ccccc1. The number of hydrogen-bond donors (Lipinski definition) is 0. The van der Waals surface area contributed by atoms with Crippen LogP contribution in [0.25, 0.3) is 71.3 Å². The summed E-state index contributed by atoms with van der Waals surface area (Å²) < 4.78 is 2.43. The predicted octanol–water partition coefficient (Wildman–Crippen LogP) is 15.2. The zero-order valence-electron chi connectivity index (χ0n) is 33.2. The van der Waals surface area contributed by atoms with Crippen molar-refractivity contribution in [1.82, 2.24) is 4.57 Å². The van der Waals surface area contributed by atoms with Gasteiger partial charge in [0.25, 0.3) is 0 Å². The number of fused-ring (bicyclic) bond motifs is 13. The van der Waals surface area contributed by atoms with Crippen LogP contribution in [0.4, 0.5) is 17.1 Å². The maximum Gasteiger partial charge on any atom is 0.0547 e. The molecule has 0 atom stereocenters. The molecule has 10 aromatic rings. The zero-order chi connectivity index (χ0) is 38.9. The van der Waals surface area contributed by atoms with Crippen LogP contribution < -0.4 is 4.90 Å². The molecule has 58 heavy (non-hydrogen) atoms. The van der Waals surface area contributed by atoms with Gasteiger partial charge in [-0.05, 0) is 121 Å². The molecule has 2 aliphatic carbocycles. The number of nitrogens with zero attached hydrogens (tertiary/aromatic N) is 2. The van der Waals surface area contributed by atoms with Crippen LogP contribution in [0.2, 0.25) is 0 Å². The van der Waals surface area contributed by atoms with Gasteiger partial charge in [-0.1, -0.05) is 149 Å². The number of anilines is 3. The van der Waals surface area contributed by atoms with Gasteiger partial charge in [0.1, 0.15) is 0 Å². The zero-order valence-corrected chi connectivity index (χ0v) is 33.2. The Morgan fingerprint density at radius 1 is 0.379 bits per heavy atom. The summed E-state index contributed by atoms with van der Waals surface area (Å²) in [6.07, 6.45) is 0. The third-order valence-corrected chi connectivity index (χ3v) is 13.5. The van der Waals surface area contributed by atoms with Gasteiger partial charge >= 0.3 is 0 Å². The molecule has 2 nitrogen and oxygen atoms in total. The maximum atomic E-state index is 2.51. The summed E-state index contributed by atoms with van der Waals surface area (Å²) in [6, 6.07) is 67.9. The van der Waals surface area contributed by atoms with Crippen LogP contribution in [0.5, 0.6) is 0 Å². The van der Waals surface area contributed by atoms with Crippen molar-refractivity contribution in [3.05, 3.63) is 204 Å². The molecule has 0 saturated heterocycles. The smallest absolute Gasteiger partial charge is 0.0547 e. The molecule has 0 fully saturated rings. The molecule has 276 valence electrons. The molecule has 2 aliphatic rings. The second kappa shape index (κ2) is 11.8. The summed E-state index contributed by atoms with van der Waals surface area (Å²) in [4.78, 5) is 2.51. The third kappa shape index (κ3) is 4.43. The molecule has 12 rings (SSSR count). The lowest BCUT2D eigenvalue weighted by Gasteiger charge is -2.31. The van der Waals surface area contributed by atoms with Crippen LogP contribution in [0.1, 0.15) is 49.9 Å². The monoisotopic (exact) mass is 742 g/mol. The minimum Gasteiger partial charge on any atom is -0.310 e. The van der Waals surface area contributed by atoms with E-state index in [1.165, 1.54) is 105 Å². The Morgan fingerprint density at radius 2 is 1.00 bits per heavy atom. The molecule has 0 radical (unpaired) electrons. The van der Waals surface area contributed by atoms with Crippen molar-refractivity contribution in [2.75, 3.05) is 4.90 Å². The Bertz CT molecular complexity index is 3330. The quantitative estimate of drug-likeness (QED) is 0.174. The average molecular weight is 743 g/mol. The highest BCUT2D eigenvalue weighted by atomic mass is 15.1. The summed E-state index contributed by atoms with van der Waals surface area (Å²) in [5, 5.41) is 7.74. The molecule has 9 aromatic carbocycles. The lowest BCUT2D eigenvalue weighted by atomic mass is 9.81. The van der Waals surface area contributed by atoms with Gasteiger partial charge in [-0.2, -0.15) is 0 Å². The van der Waals surface area contributed by atoms with E-state index in [-0.39, 0.29) is 10.8 Å². The second-order valence-corrected chi connectivity index (χ2v) is 17.3. The van der Waals surface area contributed by atoms with Crippen molar-refractivity contribution in [1.29, 1.82) is 0 Å². The topological polar surface area (TPSA) is 8.17 Å². The molecular formula is C56H42N2. The van der Waals surface area contributed by atoms with Gasteiger partial charge < -0.3 is 9.47 Å². The minimum absolute atomic E-state index is 0.177. The van der Waals surface area contributed by atoms with Gasteiger partial charge in [0, 0.05) is 44.1 Å². The lowest BCUT2D eigenvalue weighted by Crippen LogP contribution is -2.18. The standard InChI is InChI=1S/C56H42N2/c1-55(2)46-30-27-35-17-11-12-22-39(35)53(46)54-43-25-14-13-23-41(43)52(34-49(54)55)57(36-18-7-5-8-19-36)38-28-29-40-44-33-51-45(32-48(44)56(3,4)47(40)31-38)42-24-15-16-26-50(42)58(51)37-20-9-6-10-21-37/h5-34H,1-4H3. The number of rotatable bonds is 4. The van der Waals surface area contributed by atoms with E-state index in [0.717, 1.165) is 5.69 Å². The summed E-state index contributed by atoms with van der Waals surface area (Å²) >= 11 is 0. The Morgan fingerprint density at radius 3 is 1.79 bits per heavy atom. The van der Waals surface area contributed by atoms with E-state index in [1.54, 1.807) is 0 Å². The summed E-state index contributed by atoms with van der Waals surface area (Å²) in [7, 11) is 0. The molecule has 0 spiro atoms. The van der Waals surface area contributed by atoms with Gasteiger partial charge in [0.05, 0.1) is 16.7 Å². The van der Waals surface area contributed by atoms with E-state index < -0.39 is 0 Å². The van der Waals surface area contributed by atoms with Crippen molar-refractivity contribution in [2.24, 2.45) is 0 Å². The van der Waals surface area contributed by atoms with Gasteiger partial charge in [-0.3, -0.25) is 0 Å². The number of aromatic nitrogens is 1. The first-order valence-electron chi connectivity index (χ1n) is 20.5. The van der Waals surface area contributed by atoms with Crippen molar-refractivity contribution in [2.45, 2.75) is 38.5 Å². The third-order valence-electron chi connectivity index (χ3n) is 13.5. The molecule has 1 aromatic heterocycles. The molecule has 0 aliphatic heterocycles. The van der Waals surface area contributed by atoms with E-state index in [9.17, 15) is 0 Å². The molecule has 0 amide bonds. The van der Waals surface area contributed by atoms with Crippen molar-refractivity contribution < 1.29 is 0 Å². The first kappa shape index (κ1) is 33.3. The van der Waals surface area contributed by atoms with Crippen LogP contribution >= 0.6 is 0 Å². The van der Waals surface area contributed by atoms with Crippen molar-refractivity contribution >= 4 is 60.4 Å². The normalized spacial score (nSPS) is 14.5. The summed E-state index contributed by atoms with van der Waals surface area (Å²) in [5.41, 5.74) is 17.7. The highest BCUT2D eigenvalue weighted by molar-refractivity contribution is 6.15. The van der Waals surface area contributed by atoms with Crippen LogP contribution in [-0.4, -0.2) is 4.57 Å². The molecule has 0 bridgehead atoms. The second-order valence-electron chi connectivity index (χ2n) is 17.3. The maximum absolute atomic E-state index is 2.51. The molecule has 0 unspecified atom stereocenters. The molecule has 2 heteroatoms. The van der Waals surface area contributed by atoms with Crippen LogP contribution in [0, 0.1) is 0 Å². The van der Waals surface area contributed by atoms with Crippen molar-refractivity contribution in [3.63, 3.8) is 0 Å². The van der Waals surface area contributed by atoms with Crippen molar-refractivity contribution in [3.8, 4) is 27.9 Å². The van der Waals surface area contributed by atoms with Crippen LogP contribution in [0.15, 0.2) is 182 Å². The Hall–Kier alpha value is -6.90. The number of hydrogen-bond acceptors (Lipinski definition) is 1. The first-order chi connectivity index (χ1) is 28.3. The Kier molecular flexibility index (Phi) is 6.78. The van der Waals surface area contributed by atoms with Gasteiger partial charge in [-0.25, -0.2) is 0 Å². The predicted molar refractivity (Wildman–Crippen MR) is 246 cm³/mol. The average Bonchev–Trinajstić information content (AvgIpc) is 3.80. The summed E-state index contributed by atoms with van der Waals surface area (Å²) in [5.74, 6) is 0. The lowest BCUT2D eigenvalue weighted by molar-refractivity contribution is 0.661. The Balaban J connectivity index is 1.09.